The number of para-hydroxylation sites is 1. The molecule has 0 aromatic heterocycles. The Kier molecular flexibility index (Phi) is 16.3. The van der Waals surface area contributed by atoms with E-state index >= 15 is 0 Å². The maximum absolute atomic E-state index is 10.7. The molecule has 110 valence electrons. The van der Waals surface area contributed by atoms with E-state index in [0.717, 1.165) is 0 Å². The zero-order valence-corrected chi connectivity index (χ0v) is 13.4. The van der Waals surface area contributed by atoms with E-state index in [0.29, 0.717) is 0 Å². The molecule has 19 heavy (non-hydrogen) atoms. The van der Waals surface area contributed by atoms with Crippen molar-refractivity contribution in [3.8, 4) is 5.75 Å². The van der Waals surface area contributed by atoms with E-state index in [1.54, 1.807) is 0 Å². The number of hydrogen-bond donors (Lipinski definition) is 1. The first-order valence-corrected chi connectivity index (χ1v) is 5.71. The van der Waals surface area contributed by atoms with Crippen LogP contribution in [-0.4, -0.2) is 11.1 Å². The van der Waals surface area contributed by atoms with Crippen LogP contribution in [0.25, 0.3) is 0 Å². The maximum Gasteiger partial charge on any atom is 3.00 e. The summed E-state index contributed by atoms with van der Waals surface area (Å²) in [5.41, 5.74) is -0.178. The van der Waals surface area contributed by atoms with Gasteiger partial charge in [-0.2, -0.15) is 41.5 Å². The molecule has 0 bridgehead atoms. The van der Waals surface area contributed by atoms with Crippen molar-refractivity contribution in [2.24, 2.45) is 0 Å². The fraction of sp³-hybridized carbons (Fsp3) is 0.400. The zero-order valence-electron chi connectivity index (χ0n) is 12.4. The number of aromatic carboxylic acids is 1. The minimum atomic E-state index is -1.18. The summed E-state index contributed by atoms with van der Waals surface area (Å²) in [4.78, 5) is 10.2. The normalized spacial score (nSPS) is 8.63. The topological polar surface area (TPSA) is 60.4 Å². The largest absolute Gasteiger partial charge is 3.00 e. The van der Waals surface area contributed by atoms with Crippen LogP contribution in [0.3, 0.4) is 0 Å². The summed E-state index contributed by atoms with van der Waals surface area (Å²) in [6, 6.07) is 5.54. The van der Waals surface area contributed by atoms with Gasteiger partial charge in [-0.15, -0.1) is 0 Å². The molecule has 0 unspecified atom stereocenters. The Morgan fingerprint density at radius 3 is 1.53 bits per heavy atom. The molecular formula is C15H23CoO3. The van der Waals surface area contributed by atoms with Crippen molar-refractivity contribution in [2.45, 2.75) is 41.5 Å². The predicted molar refractivity (Wildman–Crippen MR) is 73.4 cm³/mol. The van der Waals surface area contributed by atoms with Gasteiger partial charge in [-0.25, -0.2) is 4.79 Å². The Bertz CT molecular complexity index is 324. The molecule has 3 nitrogen and oxygen atoms in total. The summed E-state index contributed by atoms with van der Waals surface area (Å²) in [5, 5.41) is 19.0. The van der Waals surface area contributed by atoms with Crippen molar-refractivity contribution in [3.05, 3.63) is 41.7 Å². The van der Waals surface area contributed by atoms with Crippen molar-refractivity contribution < 1.29 is 31.8 Å². The second-order valence-corrected chi connectivity index (χ2v) is 4.80. The first-order chi connectivity index (χ1) is 8.18. The SMILES string of the molecule is C[C-](C)C.C[C-](C)C.O=C(O)c1ccccc1[O-].[Co+3]. The van der Waals surface area contributed by atoms with Gasteiger partial charge in [-0.3, -0.25) is 0 Å². The minimum absolute atomic E-state index is 0. The van der Waals surface area contributed by atoms with Gasteiger partial charge in [0.1, 0.15) is 0 Å². The summed E-state index contributed by atoms with van der Waals surface area (Å²) in [5.74, 6) is 1.21. The van der Waals surface area contributed by atoms with Gasteiger partial charge >= 0.3 is 22.7 Å². The summed E-state index contributed by atoms with van der Waals surface area (Å²) in [6.45, 7) is 12.5. The molecular weight excluding hydrogens is 287 g/mol. The van der Waals surface area contributed by atoms with Crippen molar-refractivity contribution in [1.29, 1.82) is 0 Å². The Labute approximate surface area is 127 Å². The Balaban J connectivity index is -0.000000242. The first-order valence-electron chi connectivity index (χ1n) is 5.71. The van der Waals surface area contributed by atoms with Crippen LogP contribution in [-0.2, 0) is 16.8 Å². The van der Waals surface area contributed by atoms with E-state index < -0.39 is 11.7 Å². The molecule has 0 aliphatic heterocycles. The number of benzene rings is 1. The Morgan fingerprint density at radius 1 is 1.00 bits per heavy atom. The fourth-order valence-corrected chi connectivity index (χ4v) is 0.643. The smallest absolute Gasteiger partial charge is 0.872 e. The van der Waals surface area contributed by atoms with E-state index in [9.17, 15) is 9.90 Å². The monoisotopic (exact) mass is 310 g/mol. The summed E-state index contributed by atoms with van der Waals surface area (Å²) >= 11 is 0. The van der Waals surface area contributed by atoms with E-state index in [4.69, 9.17) is 5.11 Å². The predicted octanol–water partition coefficient (Wildman–Crippen LogP) is 3.70. The standard InChI is InChI=1S/C7H6O3.2C4H9.Co/c8-6-4-2-1-3-5(6)7(9)10;2*1-4(2)3;/h1-4,8H,(H,9,10);2*1-3H3;/q;2*-1;+3/p-1. The van der Waals surface area contributed by atoms with Crippen LogP contribution >= 0.6 is 0 Å². The van der Waals surface area contributed by atoms with Crippen LogP contribution in [0.5, 0.6) is 5.75 Å². The van der Waals surface area contributed by atoms with Crippen LogP contribution in [0.4, 0.5) is 0 Å². The Hall–Kier alpha value is -1.00. The molecule has 1 rings (SSSR count). The van der Waals surface area contributed by atoms with Crippen molar-refractivity contribution in [3.63, 3.8) is 0 Å². The van der Waals surface area contributed by atoms with E-state index in [2.05, 4.69) is 41.5 Å². The van der Waals surface area contributed by atoms with Crippen molar-refractivity contribution in [2.75, 3.05) is 0 Å². The molecule has 0 saturated heterocycles. The molecule has 0 heterocycles. The summed E-state index contributed by atoms with van der Waals surface area (Å²) in [6.07, 6.45) is 0. The minimum Gasteiger partial charge on any atom is -0.872 e. The van der Waals surface area contributed by atoms with Gasteiger partial charge in [-0.1, -0.05) is 23.9 Å². The molecule has 0 atom stereocenters. The number of carboxylic acids is 1. The van der Waals surface area contributed by atoms with Crippen molar-refractivity contribution >= 4 is 5.97 Å². The molecule has 0 aliphatic carbocycles. The number of rotatable bonds is 1. The van der Waals surface area contributed by atoms with Crippen LogP contribution < -0.4 is 5.11 Å². The van der Waals surface area contributed by atoms with Gasteiger partial charge in [0, 0.05) is 0 Å². The van der Waals surface area contributed by atoms with Gasteiger partial charge < -0.3 is 22.0 Å². The maximum atomic E-state index is 10.7. The first kappa shape index (κ1) is 23.1. The molecule has 4 heteroatoms. The quantitative estimate of drug-likeness (QED) is 0.805. The molecule has 1 aromatic rings. The third-order valence-corrected chi connectivity index (χ3v) is 1.12. The van der Waals surface area contributed by atoms with Gasteiger partial charge in [0.2, 0.25) is 0 Å². The molecule has 0 spiro atoms. The second kappa shape index (κ2) is 13.4. The van der Waals surface area contributed by atoms with Gasteiger partial charge in [0.05, 0.1) is 5.56 Å². The zero-order chi connectivity index (χ0) is 14.7. The second-order valence-electron chi connectivity index (χ2n) is 4.80. The van der Waals surface area contributed by atoms with Crippen molar-refractivity contribution in [1.82, 2.24) is 0 Å². The molecule has 0 amide bonds. The number of carbonyl (C=O) groups is 1. The van der Waals surface area contributed by atoms with Gasteiger partial charge in [0.25, 0.3) is 0 Å². The van der Waals surface area contributed by atoms with Crippen LogP contribution in [0.2, 0.25) is 0 Å². The van der Waals surface area contributed by atoms with Crippen LogP contribution in [0.15, 0.2) is 24.3 Å². The Morgan fingerprint density at radius 2 is 1.32 bits per heavy atom. The number of hydrogen-bond acceptors (Lipinski definition) is 2. The third kappa shape index (κ3) is 19.5. The van der Waals surface area contributed by atoms with Gasteiger partial charge in [-0.05, 0) is 6.07 Å². The average molecular weight is 310 g/mol. The van der Waals surface area contributed by atoms with E-state index in [1.807, 2.05) is 0 Å². The molecule has 1 aromatic carbocycles. The molecule has 1 N–H and O–H groups in total. The summed E-state index contributed by atoms with van der Waals surface area (Å²) < 4.78 is 0. The third-order valence-electron chi connectivity index (χ3n) is 1.12. The summed E-state index contributed by atoms with van der Waals surface area (Å²) in [7, 11) is 0. The van der Waals surface area contributed by atoms with E-state index in [1.165, 1.54) is 36.1 Å². The fourth-order valence-electron chi connectivity index (χ4n) is 0.643. The molecule has 0 aliphatic rings. The van der Waals surface area contributed by atoms with Gasteiger partial charge in [0.15, 0.2) is 0 Å². The van der Waals surface area contributed by atoms with Crippen LogP contribution in [0.1, 0.15) is 51.9 Å². The molecule has 0 saturated carbocycles. The number of carboxylic acid groups (broad SMARTS) is 1. The van der Waals surface area contributed by atoms with Crippen LogP contribution in [0, 0.1) is 11.8 Å². The molecule has 0 radical (unpaired) electrons. The van der Waals surface area contributed by atoms with E-state index in [-0.39, 0.29) is 22.3 Å². The average Bonchev–Trinajstić information content (AvgIpc) is 2.15. The molecule has 0 fully saturated rings.